The molecule has 0 saturated heterocycles. The molecular weight excluding hydrogens is 324 g/mol. The molecule has 0 aromatic heterocycles. The van der Waals surface area contributed by atoms with Crippen molar-refractivity contribution in [3.8, 4) is 0 Å². The molecule has 0 bridgehead atoms. The van der Waals surface area contributed by atoms with Crippen LogP contribution < -0.4 is 0 Å². The van der Waals surface area contributed by atoms with Crippen LogP contribution in [0.5, 0.6) is 0 Å². The minimum atomic E-state index is -0.0173. The highest BCUT2D eigenvalue weighted by Crippen LogP contribution is 2.66. The topological polar surface area (TPSA) is 54.4 Å². The summed E-state index contributed by atoms with van der Waals surface area (Å²) in [6.45, 7) is 6.99. The van der Waals surface area contributed by atoms with Crippen molar-refractivity contribution in [2.24, 2.45) is 34.5 Å². The van der Waals surface area contributed by atoms with Gasteiger partial charge in [0.1, 0.15) is 12.1 Å². The zero-order valence-corrected chi connectivity index (χ0v) is 16.8. The molecule has 3 rings (SSSR count). The number of carbonyl (C=O) groups excluding carboxylic acids is 2. The monoisotopic (exact) mass is 360 g/mol. The van der Waals surface area contributed by atoms with E-state index in [-0.39, 0.29) is 29.1 Å². The van der Waals surface area contributed by atoms with Crippen molar-refractivity contribution in [3.05, 3.63) is 11.6 Å². The van der Waals surface area contributed by atoms with Crippen LogP contribution in [-0.2, 0) is 9.59 Å². The van der Waals surface area contributed by atoms with Crippen LogP contribution in [0.4, 0.5) is 0 Å². The third kappa shape index (κ3) is 3.00. The van der Waals surface area contributed by atoms with Crippen LogP contribution in [0.1, 0.15) is 78.6 Å². The lowest BCUT2D eigenvalue weighted by molar-refractivity contribution is -0.130. The Bertz CT molecular complexity index is 580. The van der Waals surface area contributed by atoms with Crippen molar-refractivity contribution in [1.82, 2.24) is 0 Å². The maximum absolute atomic E-state index is 12.6. The molecule has 3 nitrogen and oxygen atoms in total. The van der Waals surface area contributed by atoms with E-state index in [0.717, 1.165) is 44.8 Å². The fourth-order valence-corrected chi connectivity index (χ4v) is 7.36. The van der Waals surface area contributed by atoms with Crippen LogP contribution in [0, 0.1) is 34.5 Å². The van der Waals surface area contributed by atoms with Gasteiger partial charge >= 0.3 is 0 Å². The van der Waals surface area contributed by atoms with Gasteiger partial charge in [0.15, 0.2) is 0 Å². The Morgan fingerprint density at radius 1 is 1.19 bits per heavy atom. The lowest BCUT2D eigenvalue weighted by atomic mass is 9.47. The third-order valence-corrected chi connectivity index (χ3v) is 8.52. The normalized spacial score (nSPS) is 43.8. The van der Waals surface area contributed by atoms with Crippen LogP contribution in [0.2, 0.25) is 0 Å². The summed E-state index contributed by atoms with van der Waals surface area (Å²) in [4.78, 5) is 23.8. The van der Waals surface area contributed by atoms with Crippen LogP contribution in [0.15, 0.2) is 11.6 Å². The Morgan fingerprint density at radius 2 is 1.96 bits per heavy atom. The quantitative estimate of drug-likeness (QED) is 0.551. The molecule has 0 aromatic carbocycles. The Labute approximate surface area is 158 Å². The highest BCUT2D eigenvalue weighted by Gasteiger charge is 2.59. The number of carbonyl (C=O) groups is 2. The van der Waals surface area contributed by atoms with Gasteiger partial charge in [0.25, 0.3) is 0 Å². The molecule has 3 aliphatic rings. The van der Waals surface area contributed by atoms with E-state index in [9.17, 15) is 14.7 Å². The van der Waals surface area contributed by atoms with Crippen LogP contribution in [-0.4, -0.2) is 23.8 Å². The van der Waals surface area contributed by atoms with Gasteiger partial charge in [-0.25, -0.2) is 0 Å². The van der Waals surface area contributed by atoms with Crippen LogP contribution in [0.25, 0.3) is 0 Å². The van der Waals surface area contributed by atoms with Gasteiger partial charge in [-0.15, -0.1) is 0 Å². The van der Waals surface area contributed by atoms with Gasteiger partial charge in [0.05, 0.1) is 0 Å². The first kappa shape index (κ1) is 19.8. The van der Waals surface area contributed by atoms with Crippen molar-refractivity contribution < 1.29 is 14.7 Å². The summed E-state index contributed by atoms with van der Waals surface area (Å²) in [6.07, 6.45) is 12.1. The Morgan fingerprint density at radius 3 is 2.62 bits per heavy atom. The maximum Gasteiger partial charge on any atom is 0.142 e. The summed E-state index contributed by atoms with van der Waals surface area (Å²) in [5.41, 5.74) is 1.63. The van der Waals surface area contributed by atoms with E-state index in [0.29, 0.717) is 24.2 Å². The first-order chi connectivity index (χ1) is 12.4. The molecule has 0 amide bonds. The number of aldehydes is 1. The predicted octanol–water partition coefficient (Wildman–Crippen LogP) is 4.72. The van der Waals surface area contributed by atoms with E-state index in [2.05, 4.69) is 20.8 Å². The minimum absolute atomic E-state index is 0.0173. The van der Waals surface area contributed by atoms with E-state index in [1.54, 1.807) is 0 Å². The molecular formula is C23H36O3. The van der Waals surface area contributed by atoms with Crippen molar-refractivity contribution in [2.45, 2.75) is 78.6 Å². The average molecular weight is 361 g/mol. The third-order valence-electron chi connectivity index (χ3n) is 8.52. The Kier molecular flexibility index (Phi) is 5.77. The number of ketones is 1. The zero-order valence-electron chi connectivity index (χ0n) is 16.8. The standard InChI is InChI=1S/C23H36O3/c1-4-12-22(2)16(10-14-24)5-6-17-18-7-8-20(21(26)11-15-25)23(18,3)13-9-19(17)22/h10,14,17-20,25H,4-9,11-13,15H2,1-3H3/b16-10-. The van der Waals surface area contributed by atoms with Gasteiger partial charge < -0.3 is 5.11 Å². The first-order valence-corrected chi connectivity index (χ1v) is 10.7. The van der Waals surface area contributed by atoms with Gasteiger partial charge in [-0.05, 0) is 79.6 Å². The molecule has 0 heterocycles. The number of hydrogen-bond acceptors (Lipinski definition) is 3. The fraction of sp³-hybridized carbons (Fsp3) is 0.826. The number of hydrogen-bond donors (Lipinski definition) is 1. The smallest absolute Gasteiger partial charge is 0.142 e. The predicted molar refractivity (Wildman–Crippen MR) is 104 cm³/mol. The van der Waals surface area contributed by atoms with E-state index in [1.165, 1.54) is 18.4 Å². The van der Waals surface area contributed by atoms with Crippen molar-refractivity contribution in [1.29, 1.82) is 0 Å². The highest BCUT2D eigenvalue weighted by molar-refractivity contribution is 5.82. The second-order valence-electron chi connectivity index (χ2n) is 9.53. The summed E-state index contributed by atoms with van der Waals surface area (Å²) in [5.74, 6) is 2.38. The SMILES string of the molecule is CCCC1(C)/C(=C\C=O)CCC2C1CCC1(C)C(C(=O)CCO)CCC21. The summed E-state index contributed by atoms with van der Waals surface area (Å²) in [7, 11) is 0. The Hall–Kier alpha value is -0.960. The first-order valence-electron chi connectivity index (χ1n) is 10.7. The number of allylic oxidation sites excluding steroid dienone is 2. The molecule has 3 aliphatic carbocycles. The largest absolute Gasteiger partial charge is 0.396 e. The number of Topliss-reactive ketones (excluding diaryl/α,β-unsaturated/α-hetero) is 1. The van der Waals surface area contributed by atoms with Crippen LogP contribution >= 0.6 is 0 Å². The molecule has 0 aliphatic heterocycles. The molecule has 3 heteroatoms. The molecule has 1 N–H and O–H groups in total. The molecule has 0 radical (unpaired) electrons. The highest BCUT2D eigenvalue weighted by atomic mass is 16.3. The lowest BCUT2D eigenvalue weighted by Crippen LogP contribution is -2.50. The van der Waals surface area contributed by atoms with Crippen LogP contribution in [0.3, 0.4) is 0 Å². The minimum Gasteiger partial charge on any atom is -0.396 e. The van der Waals surface area contributed by atoms with Gasteiger partial charge in [0, 0.05) is 18.9 Å². The Balaban J connectivity index is 1.89. The fourth-order valence-electron chi connectivity index (χ4n) is 7.36. The molecule has 0 aromatic rings. The van der Waals surface area contributed by atoms with Crippen molar-refractivity contribution in [2.75, 3.05) is 6.61 Å². The second kappa shape index (κ2) is 7.58. The van der Waals surface area contributed by atoms with Gasteiger partial charge in [-0.2, -0.15) is 0 Å². The van der Waals surface area contributed by atoms with Crippen molar-refractivity contribution in [3.63, 3.8) is 0 Å². The van der Waals surface area contributed by atoms with E-state index in [4.69, 9.17) is 0 Å². The molecule has 0 spiro atoms. The van der Waals surface area contributed by atoms with Gasteiger partial charge in [-0.3, -0.25) is 9.59 Å². The number of fused-ring (bicyclic) bond motifs is 3. The molecule has 6 unspecified atom stereocenters. The van der Waals surface area contributed by atoms with Gasteiger partial charge in [-0.1, -0.05) is 32.8 Å². The summed E-state index contributed by atoms with van der Waals surface area (Å²) in [5, 5.41) is 9.22. The average Bonchev–Trinajstić information content (AvgIpc) is 2.95. The molecule has 3 fully saturated rings. The van der Waals surface area contributed by atoms with Gasteiger partial charge in [0.2, 0.25) is 0 Å². The summed E-state index contributed by atoms with van der Waals surface area (Å²) < 4.78 is 0. The van der Waals surface area contributed by atoms with E-state index >= 15 is 0 Å². The number of aliphatic hydroxyl groups is 1. The molecule has 6 atom stereocenters. The maximum atomic E-state index is 12.6. The molecule has 146 valence electrons. The summed E-state index contributed by atoms with van der Waals surface area (Å²) >= 11 is 0. The van der Waals surface area contributed by atoms with Crippen molar-refractivity contribution >= 4 is 12.1 Å². The summed E-state index contributed by atoms with van der Waals surface area (Å²) in [6, 6.07) is 0. The van der Waals surface area contributed by atoms with E-state index in [1.807, 2.05) is 6.08 Å². The number of aliphatic hydroxyl groups excluding tert-OH is 1. The molecule has 3 saturated carbocycles. The van der Waals surface area contributed by atoms with E-state index < -0.39 is 0 Å². The second-order valence-corrected chi connectivity index (χ2v) is 9.53. The zero-order chi connectivity index (χ0) is 18.9. The lowest BCUT2D eigenvalue weighted by Gasteiger charge is -2.57. The number of rotatable bonds is 6. The molecule has 26 heavy (non-hydrogen) atoms.